The van der Waals surface area contributed by atoms with E-state index in [0.717, 1.165) is 39.4 Å². The van der Waals surface area contributed by atoms with Gasteiger partial charge in [-0.15, -0.1) is 21.5 Å². The van der Waals surface area contributed by atoms with E-state index < -0.39 is 0 Å². The third kappa shape index (κ3) is 3.42. The Morgan fingerprint density at radius 2 is 2.00 bits per heavy atom. The van der Waals surface area contributed by atoms with Gasteiger partial charge in [0.2, 0.25) is 0 Å². The molecule has 25 heavy (non-hydrogen) atoms. The zero-order valence-electron chi connectivity index (χ0n) is 13.5. The molecule has 2 aromatic carbocycles. The quantitative estimate of drug-likeness (QED) is 0.423. The Balaban J connectivity index is 1.58. The van der Waals surface area contributed by atoms with E-state index in [2.05, 4.69) is 32.7 Å². The summed E-state index contributed by atoms with van der Waals surface area (Å²) in [5, 5.41) is 11.4. The molecular formula is C18H15ClN4S2. The second-order valence-corrected chi connectivity index (χ2v) is 7.92. The third-order valence-electron chi connectivity index (χ3n) is 3.78. The number of halogens is 1. The van der Waals surface area contributed by atoms with Crippen LogP contribution in [0.4, 0.5) is 0 Å². The molecule has 2 heterocycles. The van der Waals surface area contributed by atoms with Gasteiger partial charge in [-0.1, -0.05) is 47.6 Å². The topological polar surface area (TPSA) is 43.6 Å². The molecule has 126 valence electrons. The molecule has 0 bridgehead atoms. The number of nitrogens with zero attached hydrogens (tertiary/aromatic N) is 4. The highest BCUT2D eigenvalue weighted by atomic mass is 35.5. The van der Waals surface area contributed by atoms with Crippen molar-refractivity contribution in [2.75, 3.05) is 0 Å². The highest BCUT2D eigenvalue weighted by molar-refractivity contribution is 7.98. The van der Waals surface area contributed by atoms with Crippen molar-refractivity contribution in [2.24, 2.45) is 0 Å². The van der Waals surface area contributed by atoms with Crippen molar-refractivity contribution < 1.29 is 0 Å². The van der Waals surface area contributed by atoms with Gasteiger partial charge in [-0.3, -0.25) is 0 Å². The number of aromatic nitrogens is 4. The Morgan fingerprint density at radius 1 is 1.12 bits per heavy atom. The van der Waals surface area contributed by atoms with Crippen molar-refractivity contribution in [1.82, 2.24) is 19.7 Å². The van der Waals surface area contributed by atoms with E-state index in [0.29, 0.717) is 5.02 Å². The summed E-state index contributed by atoms with van der Waals surface area (Å²) >= 11 is 9.50. The van der Waals surface area contributed by atoms with E-state index in [1.807, 2.05) is 42.5 Å². The number of thioether (sulfide) groups is 1. The van der Waals surface area contributed by atoms with Crippen LogP contribution in [0, 0.1) is 0 Å². The van der Waals surface area contributed by atoms with Crippen molar-refractivity contribution >= 4 is 44.9 Å². The number of hydrogen-bond donors (Lipinski definition) is 0. The van der Waals surface area contributed by atoms with Crippen LogP contribution in [0.3, 0.4) is 0 Å². The second-order valence-electron chi connectivity index (χ2n) is 5.42. The summed E-state index contributed by atoms with van der Waals surface area (Å²) in [5.74, 6) is 1.63. The van der Waals surface area contributed by atoms with Gasteiger partial charge in [0.1, 0.15) is 5.01 Å². The number of fused-ring (bicyclic) bond motifs is 1. The maximum atomic E-state index is 6.11. The molecule has 4 aromatic rings. The Labute approximate surface area is 158 Å². The summed E-state index contributed by atoms with van der Waals surface area (Å²) < 4.78 is 3.33. The number of hydrogen-bond acceptors (Lipinski definition) is 5. The van der Waals surface area contributed by atoms with Gasteiger partial charge in [0, 0.05) is 17.1 Å². The van der Waals surface area contributed by atoms with E-state index in [9.17, 15) is 0 Å². The smallest absolute Gasteiger partial charge is 0.191 e. The van der Waals surface area contributed by atoms with Crippen LogP contribution in [0.1, 0.15) is 11.9 Å². The number of para-hydroxylation sites is 1. The number of thiazole rings is 1. The summed E-state index contributed by atoms with van der Waals surface area (Å²) in [6, 6.07) is 15.9. The minimum Gasteiger partial charge on any atom is -0.302 e. The van der Waals surface area contributed by atoms with E-state index in [1.165, 1.54) is 4.70 Å². The van der Waals surface area contributed by atoms with Crippen LogP contribution in [-0.2, 0) is 12.3 Å². The van der Waals surface area contributed by atoms with Crippen LogP contribution in [0.2, 0.25) is 5.02 Å². The summed E-state index contributed by atoms with van der Waals surface area (Å²) in [5.41, 5.74) is 2.04. The first-order chi connectivity index (χ1) is 12.2. The maximum Gasteiger partial charge on any atom is 0.191 e. The number of rotatable bonds is 5. The lowest BCUT2D eigenvalue weighted by Gasteiger charge is -2.07. The Bertz CT molecular complexity index is 992. The Morgan fingerprint density at radius 3 is 2.80 bits per heavy atom. The van der Waals surface area contributed by atoms with Gasteiger partial charge in [-0.05, 0) is 31.2 Å². The highest BCUT2D eigenvalue weighted by Gasteiger charge is 2.14. The molecule has 4 nitrogen and oxygen atoms in total. The predicted molar refractivity (Wildman–Crippen MR) is 105 cm³/mol. The van der Waals surface area contributed by atoms with Crippen LogP contribution < -0.4 is 0 Å². The molecule has 0 aliphatic rings. The lowest BCUT2D eigenvalue weighted by molar-refractivity contribution is 0.687. The zero-order valence-corrected chi connectivity index (χ0v) is 15.9. The molecular weight excluding hydrogens is 372 g/mol. The van der Waals surface area contributed by atoms with Crippen LogP contribution in [0.25, 0.3) is 21.6 Å². The lowest BCUT2D eigenvalue weighted by atomic mass is 10.2. The first-order valence-corrected chi connectivity index (χ1v) is 10.1. The fourth-order valence-corrected chi connectivity index (χ4v) is 4.78. The average Bonchev–Trinajstić information content (AvgIpc) is 3.23. The first kappa shape index (κ1) is 16.6. The molecule has 0 radical (unpaired) electrons. The standard InChI is InChI=1S/C18H15ClN4S2/c1-2-23-17(12-6-5-7-13(19)10-12)21-22-18(23)24-11-16-20-14-8-3-4-9-15(14)25-16/h3-10H,2,11H2,1H3. The van der Waals surface area contributed by atoms with Crippen molar-refractivity contribution in [1.29, 1.82) is 0 Å². The SMILES string of the molecule is CCn1c(SCc2nc3ccccc3s2)nnc1-c1cccc(Cl)c1. The molecule has 4 rings (SSSR count). The largest absolute Gasteiger partial charge is 0.302 e. The van der Waals surface area contributed by atoms with Crippen LogP contribution in [-0.4, -0.2) is 19.7 Å². The summed E-state index contributed by atoms with van der Waals surface area (Å²) in [7, 11) is 0. The molecule has 0 aliphatic carbocycles. The highest BCUT2D eigenvalue weighted by Crippen LogP contribution is 2.30. The second kappa shape index (κ2) is 7.15. The molecule has 0 atom stereocenters. The van der Waals surface area contributed by atoms with Crippen LogP contribution in [0.15, 0.2) is 53.7 Å². The Hall–Kier alpha value is -1.89. The lowest BCUT2D eigenvalue weighted by Crippen LogP contribution is -1.99. The van der Waals surface area contributed by atoms with Gasteiger partial charge < -0.3 is 4.57 Å². The fraction of sp³-hybridized carbons (Fsp3) is 0.167. The summed E-state index contributed by atoms with van der Waals surface area (Å²) in [6.45, 7) is 2.90. The van der Waals surface area contributed by atoms with Gasteiger partial charge in [-0.25, -0.2) is 4.98 Å². The zero-order chi connectivity index (χ0) is 17.2. The van der Waals surface area contributed by atoms with E-state index in [4.69, 9.17) is 11.6 Å². The molecule has 0 unspecified atom stereocenters. The van der Waals surface area contributed by atoms with Gasteiger partial charge >= 0.3 is 0 Å². The molecule has 0 N–H and O–H groups in total. The summed E-state index contributed by atoms with van der Waals surface area (Å²) in [6.07, 6.45) is 0. The fourth-order valence-electron chi connectivity index (χ4n) is 2.63. The molecule has 2 aromatic heterocycles. The minimum absolute atomic E-state index is 0.701. The first-order valence-electron chi connectivity index (χ1n) is 7.91. The van der Waals surface area contributed by atoms with E-state index in [1.54, 1.807) is 23.1 Å². The van der Waals surface area contributed by atoms with E-state index >= 15 is 0 Å². The molecule has 0 spiro atoms. The Kier molecular flexibility index (Phi) is 4.74. The van der Waals surface area contributed by atoms with Crippen LogP contribution >= 0.6 is 34.7 Å². The van der Waals surface area contributed by atoms with Crippen LogP contribution in [0.5, 0.6) is 0 Å². The van der Waals surface area contributed by atoms with Crippen molar-refractivity contribution in [3.05, 3.63) is 58.6 Å². The molecule has 0 saturated carbocycles. The minimum atomic E-state index is 0.701. The molecule has 0 aliphatic heterocycles. The average molecular weight is 387 g/mol. The van der Waals surface area contributed by atoms with Gasteiger partial charge in [-0.2, -0.15) is 0 Å². The van der Waals surface area contributed by atoms with E-state index in [-0.39, 0.29) is 0 Å². The van der Waals surface area contributed by atoms with Gasteiger partial charge in [0.25, 0.3) is 0 Å². The van der Waals surface area contributed by atoms with Gasteiger partial charge in [0.15, 0.2) is 11.0 Å². The predicted octanol–water partition coefficient (Wildman–Crippen LogP) is 5.52. The third-order valence-corrected chi connectivity index (χ3v) is 6.21. The van der Waals surface area contributed by atoms with Crippen molar-refractivity contribution in [3.8, 4) is 11.4 Å². The molecule has 0 saturated heterocycles. The van der Waals surface area contributed by atoms with Crippen molar-refractivity contribution in [3.63, 3.8) is 0 Å². The molecule has 0 amide bonds. The summed E-state index contributed by atoms with van der Waals surface area (Å²) in [4.78, 5) is 4.68. The monoisotopic (exact) mass is 386 g/mol. The van der Waals surface area contributed by atoms with Crippen molar-refractivity contribution in [2.45, 2.75) is 24.4 Å². The normalized spacial score (nSPS) is 11.3. The maximum absolute atomic E-state index is 6.11. The molecule has 0 fully saturated rings. The number of benzene rings is 2. The molecule has 7 heteroatoms. The van der Waals surface area contributed by atoms with Gasteiger partial charge in [0.05, 0.1) is 16.0 Å².